The fraction of sp³-hybridized carbons (Fsp3) is 0.250. The molecule has 3 heterocycles. The molecule has 1 amide bonds. The highest BCUT2D eigenvalue weighted by Gasteiger charge is 2.33. The van der Waals surface area contributed by atoms with Crippen LogP contribution in [-0.2, 0) is 6.54 Å². The summed E-state index contributed by atoms with van der Waals surface area (Å²) in [5, 5.41) is 16.4. The zero-order valence-corrected chi connectivity index (χ0v) is 17.3. The Morgan fingerprint density at radius 2 is 2.06 bits per heavy atom. The highest BCUT2D eigenvalue weighted by Crippen LogP contribution is 2.28. The van der Waals surface area contributed by atoms with Crippen LogP contribution in [0.25, 0.3) is 16.6 Å². The molecule has 0 radical (unpaired) electrons. The third kappa shape index (κ3) is 3.92. The number of nitrogens with zero attached hydrogens (tertiary/aromatic N) is 4. The van der Waals surface area contributed by atoms with E-state index in [1.54, 1.807) is 24.3 Å². The molecule has 31 heavy (non-hydrogen) atoms. The van der Waals surface area contributed by atoms with Crippen LogP contribution in [-0.4, -0.2) is 39.2 Å². The molecule has 2 unspecified atom stereocenters. The van der Waals surface area contributed by atoms with Gasteiger partial charge in [0.2, 0.25) is 0 Å². The van der Waals surface area contributed by atoms with Gasteiger partial charge < -0.3 is 20.6 Å². The van der Waals surface area contributed by atoms with Crippen molar-refractivity contribution >= 4 is 28.7 Å². The average molecular weight is 412 g/mol. The van der Waals surface area contributed by atoms with Crippen LogP contribution in [0.15, 0.2) is 54.9 Å². The van der Waals surface area contributed by atoms with Crippen molar-refractivity contribution in [3.05, 3.63) is 71.7 Å². The monoisotopic (exact) mass is 412 g/mol. The zero-order chi connectivity index (χ0) is 22.0. The number of carbonyl (C=O) groups excluding carboxylic acids is 1. The van der Waals surface area contributed by atoms with Crippen LogP contribution >= 0.6 is 0 Å². The first-order valence-electron chi connectivity index (χ1n) is 10.2. The minimum absolute atomic E-state index is 0.0101. The molecule has 7 nitrogen and oxygen atoms in total. The highest BCUT2D eigenvalue weighted by molar-refractivity contribution is 6.07. The molecule has 0 aliphatic carbocycles. The number of pyridine rings is 1. The predicted octanol–water partition coefficient (Wildman–Crippen LogP) is 3.41. The number of benzene rings is 1. The van der Waals surface area contributed by atoms with Crippen LogP contribution in [0.2, 0.25) is 0 Å². The lowest BCUT2D eigenvalue weighted by Crippen LogP contribution is -2.34. The molecular formula is C24H24N6O. The Hall–Kier alpha value is -3.92. The molecule has 4 rings (SSSR count). The number of carbonyl (C=O) groups is 1. The van der Waals surface area contributed by atoms with E-state index in [-0.39, 0.29) is 11.9 Å². The number of nitriles is 1. The number of hydrogen-bond donors (Lipinski definition) is 2. The molecule has 0 bridgehead atoms. The van der Waals surface area contributed by atoms with E-state index < -0.39 is 0 Å². The number of rotatable bonds is 5. The Kier molecular flexibility index (Phi) is 5.54. The Balaban J connectivity index is 1.49. The normalized spacial score (nSPS) is 18.8. The second-order valence-electron chi connectivity index (χ2n) is 7.93. The standard InChI is InChI=1S/C24H24N6O/c1-16-10-18(15-30(16)24(31)19-4-2-17(11-25)3-5-19)14-29-9-8-22-23(29)7-6-21(28-22)20(12-26)13-27/h2-9,12-13,16,18,26H,10,14-15,27H2,1H3/b20-13+,26-12?. The lowest BCUT2D eigenvalue weighted by molar-refractivity contribution is 0.0742. The third-order valence-electron chi connectivity index (χ3n) is 5.89. The second kappa shape index (κ2) is 8.44. The van der Waals surface area contributed by atoms with Gasteiger partial charge in [0.15, 0.2) is 0 Å². The van der Waals surface area contributed by atoms with Gasteiger partial charge in [0.05, 0.1) is 28.4 Å². The van der Waals surface area contributed by atoms with E-state index in [2.05, 4.69) is 22.5 Å². The number of aromatic nitrogens is 2. The van der Waals surface area contributed by atoms with Crippen LogP contribution in [0.4, 0.5) is 0 Å². The third-order valence-corrected chi connectivity index (χ3v) is 5.89. The average Bonchev–Trinajstić information content (AvgIpc) is 3.37. The van der Waals surface area contributed by atoms with Gasteiger partial charge in [-0.05, 0) is 61.7 Å². The maximum Gasteiger partial charge on any atom is 0.254 e. The SMILES string of the molecule is CC1CC(Cn2ccc3nc(/C(C=N)=C/N)ccc32)CN1C(=O)c1ccc(C#N)cc1. The number of allylic oxidation sites excluding steroid dienone is 1. The van der Waals surface area contributed by atoms with Gasteiger partial charge in [-0.15, -0.1) is 0 Å². The first kappa shape index (κ1) is 20.4. The molecule has 1 aliphatic heterocycles. The van der Waals surface area contributed by atoms with Crippen LogP contribution < -0.4 is 5.73 Å². The van der Waals surface area contributed by atoms with Gasteiger partial charge in [0, 0.05) is 48.9 Å². The number of likely N-dealkylation sites (tertiary alicyclic amines) is 1. The summed E-state index contributed by atoms with van der Waals surface area (Å²) in [5.41, 5.74) is 9.88. The number of amides is 1. The molecule has 7 heteroatoms. The fourth-order valence-electron chi connectivity index (χ4n) is 4.29. The van der Waals surface area contributed by atoms with Gasteiger partial charge in [0.1, 0.15) is 0 Å². The molecule has 3 N–H and O–H groups in total. The number of nitrogens with one attached hydrogen (secondary N) is 1. The smallest absolute Gasteiger partial charge is 0.254 e. The Morgan fingerprint density at radius 3 is 2.74 bits per heavy atom. The van der Waals surface area contributed by atoms with Crippen molar-refractivity contribution in [2.75, 3.05) is 6.54 Å². The molecular weight excluding hydrogens is 388 g/mol. The molecule has 1 fully saturated rings. The van der Waals surface area contributed by atoms with Crippen molar-refractivity contribution in [2.45, 2.75) is 25.9 Å². The Bertz CT molecular complexity index is 1200. The summed E-state index contributed by atoms with van der Waals surface area (Å²) < 4.78 is 2.18. The van der Waals surface area contributed by atoms with E-state index in [0.29, 0.717) is 34.9 Å². The van der Waals surface area contributed by atoms with Gasteiger partial charge in [-0.1, -0.05) is 0 Å². The molecule has 2 atom stereocenters. The molecule has 0 saturated carbocycles. The topological polar surface area (TPSA) is 112 Å². The molecule has 1 aromatic carbocycles. The molecule has 3 aromatic rings. The molecule has 0 spiro atoms. The van der Waals surface area contributed by atoms with Crippen molar-refractivity contribution in [3.8, 4) is 6.07 Å². The summed E-state index contributed by atoms with van der Waals surface area (Å²) in [5.74, 6) is 0.351. The summed E-state index contributed by atoms with van der Waals surface area (Å²) in [7, 11) is 0. The van der Waals surface area contributed by atoms with Gasteiger partial charge in [0.25, 0.3) is 5.91 Å². The first-order valence-corrected chi connectivity index (χ1v) is 10.2. The zero-order valence-electron chi connectivity index (χ0n) is 17.3. The van der Waals surface area contributed by atoms with Crippen molar-refractivity contribution in [1.29, 1.82) is 10.7 Å². The van der Waals surface area contributed by atoms with E-state index in [1.165, 1.54) is 12.4 Å². The van der Waals surface area contributed by atoms with Gasteiger partial charge in [-0.3, -0.25) is 4.79 Å². The largest absolute Gasteiger partial charge is 0.404 e. The van der Waals surface area contributed by atoms with Crippen LogP contribution in [0.3, 0.4) is 0 Å². The van der Waals surface area contributed by atoms with Crippen LogP contribution in [0.5, 0.6) is 0 Å². The summed E-state index contributed by atoms with van der Waals surface area (Å²) >= 11 is 0. The fourth-order valence-corrected chi connectivity index (χ4v) is 4.29. The number of fused-ring (bicyclic) bond motifs is 1. The van der Waals surface area contributed by atoms with E-state index in [0.717, 1.165) is 24.0 Å². The molecule has 1 saturated heterocycles. The van der Waals surface area contributed by atoms with Crippen LogP contribution in [0, 0.1) is 22.7 Å². The quantitative estimate of drug-likeness (QED) is 0.625. The van der Waals surface area contributed by atoms with Crippen molar-refractivity contribution in [1.82, 2.24) is 14.5 Å². The Labute approximate surface area is 180 Å². The number of hydrogen-bond acceptors (Lipinski definition) is 5. The minimum atomic E-state index is 0.0101. The number of nitrogens with two attached hydrogens (primary N) is 1. The van der Waals surface area contributed by atoms with E-state index >= 15 is 0 Å². The maximum atomic E-state index is 13.0. The van der Waals surface area contributed by atoms with Crippen molar-refractivity contribution in [3.63, 3.8) is 0 Å². The van der Waals surface area contributed by atoms with Crippen molar-refractivity contribution in [2.24, 2.45) is 11.7 Å². The van der Waals surface area contributed by atoms with Crippen molar-refractivity contribution < 1.29 is 4.79 Å². The van der Waals surface area contributed by atoms with E-state index in [9.17, 15) is 4.79 Å². The Morgan fingerprint density at radius 1 is 1.29 bits per heavy atom. The van der Waals surface area contributed by atoms with Gasteiger partial charge in [-0.2, -0.15) is 5.26 Å². The van der Waals surface area contributed by atoms with Gasteiger partial charge >= 0.3 is 0 Å². The van der Waals surface area contributed by atoms with E-state index in [1.807, 2.05) is 29.3 Å². The van der Waals surface area contributed by atoms with Gasteiger partial charge in [-0.25, -0.2) is 4.98 Å². The van der Waals surface area contributed by atoms with E-state index in [4.69, 9.17) is 16.4 Å². The lowest BCUT2D eigenvalue weighted by Gasteiger charge is -2.21. The molecule has 156 valence electrons. The summed E-state index contributed by atoms with van der Waals surface area (Å²) in [6.07, 6.45) is 5.54. The second-order valence-corrected chi connectivity index (χ2v) is 7.93. The lowest BCUT2D eigenvalue weighted by atomic mass is 10.1. The molecule has 2 aromatic heterocycles. The molecule has 1 aliphatic rings. The first-order chi connectivity index (χ1) is 15.0. The summed E-state index contributed by atoms with van der Waals surface area (Å²) in [6.45, 7) is 3.58. The predicted molar refractivity (Wildman–Crippen MR) is 120 cm³/mol. The summed E-state index contributed by atoms with van der Waals surface area (Å²) in [4.78, 5) is 19.5. The summed E-state index contributed by atoms with van der Waals surface area (Å²) in [6, 6.07) is 14.9. The minimum Gasteiger partial charge on any atom is -0.404 e. The maximum absolute atomic E-state index is 13.0. The van der Waals surface area contributed by atoms with Crippen LogP contribution in [0.1, 0.15) is 35.0 Å². The highest BCUT2D eigenvalue weighted by atomic mass is 16.2.